The largest absolute Gasteiger partial charge is 0.479 e. The molecule has 1 aromatic carbocycles. The van der Waals surface area contributed by atoms with Crippen LogP contribution in [0.5, 0.6) is 0 Å². The second-order valence-corrected chi connectivity index (χ2v) is 3.95. The first-order valence-corrected chi connectivity index (χ1v) is 5.22. The maximum Gasteiger partial charge on any atom is 0.337 e. The van der Waals surface area contributed by atoms with Gasteiger partial charge in [0.1, 0.15) is 0 Å². The van der Waals surface area contributed by atoms with Crippen molar-refractivity contribution < 1.29 is 18.7 Å². The molecule has 1 atom stereocenters. The number of halogens is 2. The van der Waals surface area contributed by atoms with Crippen LogP contribution < -0.4 is 0 Å². The van der Waals surface area contributed by atoms with Crippen molar-refractivity contribution in [3.8, 4) is 0 Å². The smallest absolute Gasteiger partial charge is 0.337 e. The van der Waals surface area contributed by atoms with Crippen LogP contribution in [-0.4, -0.2) is 28.8 Å². The van der Waals surface area contributed by atoms with E-state index in [1.165, 1.54) is 0 Å². The Labute approximate surface area is 96.8 Å². The second kappa shape index (κ2) is 4.24. The summed E-state index contributed by atoms with van der Waals surface area (Å²) < 4.78 is 25.7. The Hall–Kier alpha value is -1.78. The Bertz CT molecular complexity index is 459. The minimum absolute atomic E-state index is 0.149. The Kier molecular flexibility index (Phi) is 2.92. The first-order valence-electron chi connectivity index (χ1n) is 5.22. The first kappa shape index (κ1) is 11.7. The molecule has 1 aliphatic rings. The fraction of sp³-hybridized carbons (Fsp3) is 0.333. The Morgan fingerprint density at radius 3 is 2.47 bits per heavy atom. The van der Waals surface area contributed by atoms with Gasteiger partial charge < -0.3 is 5.11 Å². The number of aliphatic carboxylic acids is 1. The summed E-state index contributed by atoms with van der Waals surface area (Å²) in [5, 5.41) is 8.91. The number of benzene rings is 1. The fourth-order valence-corrected chi connectivity index (χ4v) is 1.91. The zero-order valence-electron chi connectivity index (χ0n) is 8.94. The number of carboxylic acid groups (broad SMARTS) is 1. The molecule has 1 unspecified atom stereocenters. The lowest BCUT2D eigenvalue weighted by molar-refractivity contribution is -0.149. The quantitative estimate of drug-likeness (QED) is 0.880. The third-order valence-corrected chi connectivity index (χ3v) is 2.92. The molecule has 0 fully saturated rings. The lowest BCUT2D eigenvalue weighted by atomic mass is 9.97. The van der Waals surface area contributed by atoms with Crippen molar-refractivity contribution in [2.24, 2.45) is 4.99 Å². The highest BCUT2D eigenvalue weighted by atomic mass is 19.3. The van der Waals surface area contributed by atoms with Gasteiger partial charge in [0, 0.05) is 5.71 Å². The lowest BCUT2D eigenvalue weighted by Gasteiger charge is -2.18. The van der Waals surface area contributed by atoms with E-state index in [1.54, 1.807) is 30.3 Å². The Morgan fingerprint density at radius 2 is 2.00 bits per heavy atom. The van der Waals surface area contributed by atoms with E-state index in [2.05, 4.69) is 4.99 Å². The summed E-state index contributed by atoms with van der Waals surface area (Å²) in [6.45, 7) is 0. The summed E-state index contributed by atoms with van der Waals surface area (Å²) in [7, 11) is 0. The monoisotopic (exact) mass is 239 g/mol. The van der Waals surface area contributed by atoms with Gasteiger partial charge in [-0.2, -0.15) is 0 Å². The molecule has 17 heavy (non-hydrogen) atoms. The average Bonchev–Trinajstić information content (AvgIpc) is 2.76. The van der Waals surface area contributed by atoms with Crippen LogP contribution in [0.4, 0.5) is 8.78 Å². The predicted octanol–water partition coefficient (Wildman–Crippen LogP) is 2.36. The molecular weight excluding hydrogens is 228 g/mol. The van der Waals surface area contributed by atoms with Gasteiger partial charge in [-0.15, -0.1) is 0 Å². The van der Waals surface area contributed by atoms with Crippen LogP contribution in [0.15, 0.2) is 35.3 Å². The number of aliphatic imine (C=N–C) groups is 1. The van der Waals surface area contributed by atoms with Gasteiger partial charge in [-0.1, -0.05) is 30.3 Å². The van der Waals surface area contributed by atoms with Gasteiger partial charge in [0.2, 0.25) is 5.54 Å². The highest BCUT2D eigenvalue weighted by molar-refractivity contribution is 6.04. The number of carbonyl (C=O) groups is 1. The number of rotatable bonds is 3. The lowest BCUT2D eigenvalue weighted by Crippen LogP contribution is -2.41. The van der Waals surface area contributed by atoms with Gasteiger partial charge in [-0.3, -0.25) is 4.99 Å². The maximum atomic E-state index is 12.8. The first-order chi connectivity index (χ1) is 8.06. The van der Waals surface area contributed by atoms with Crippen LogP contribution in [0, 0.1) is 0 Å². The van der Waals surface area contributed by atoms with E-state index >= 15 is 0 Å². The molecule has 0 bridgehead atoms. The van der Waals surface area contributed by atoms with Crippen LogP contribution in [0.2, 0.25) is 0 Å². The highest BCUT2D eigenvalue weighted by Gasteiger charge is 2.50. The molecule has 1 N–H and O–H groups in total. The highest BCUT2D eigenvalue weighted by Crippen LogP contribution is 2.34. The fourth-order valence-electron chi connectivity index (χ4n) is 1.91. The summed E-state index contributed by atoms with van der Waals surface area (Å²) in [6.07, 6.45) is -2.87. The van der Waals surface area contributed by atoms with E-state index in [9.17, 15) is 13.6 Å². The summed E-state index contributed by atoms with van der Waals surface area (Å²) in [5.41, 5.74) is -1.12. The van der Waals surface area contributed by atoms with Crippen LogP contribution in [0.25, 0.3) is 0 Å². The summed E-state index contributed by atoms with van der Waals surface area (Å²) in [4.78, 5) is 14.7. The Morgan fingerprint density at radius 1 is 1.35 bits per heavy atom. The summed E-state index contributed by atoms with van der Waals surface area (Å²) in [6, 6.07) is 8.81. The van der Waals surface area contributed by atoms with Gasteiger partial charge in [-0.25, -0.2) is 13.6 Å². The molecule has 5 heteroatoms. The summed E-state index contributed by atoms with van der Waals surface area (Å²) in [5.74, 6) is -1.56. The van der Waals surface area contributed by atoms with Crippen molar-refractivity contribution in [2.45, 2.75) is 24.8 Å². The van der Waals surface area contributed by atoms with Crippen LogP contribution in [-0.2, 0) is 4.79 Å². The third-order valence-electron chi connectivity index (χ3n) is 2.92. The van der Waals surface area contributed by atoms with E-state index in [4.69, 9.17) is 5.11 Å². The number of hydrogen-bond acceptors (Lipinski definition) is 2. The van der Waals surface area contributed by atoms with Crippen molar-refractivity contribution >= 4 is 11.7 Å². The van der Waals surface area contributed by atoms with E-state index < -0.39 is 17.9 Å². The zero-order valence-corrected chi connectivity index (χ0v) is 8.94. The van der Waals surface area contributed by atoms with Crippen molar-refractivity contribution in [3.05, 3.63) is 35.9 Å². The van der Waals surface area contributed by atoms with Crippen molar-refractivity contribution in [1.29, 1.82) is 0 Å². The molecule has 0 saturated heterocycles. The average molecular weight is 239 g/mol. The number of hydrogen-bond donors (Lipinski definition) is 1. The van der Waals surface area contributed by atoms with Crippen LogP contribution in [0.3, 0.4) is 0 Å². The van der Waals surface area contributed by atoms with Gasteiger partial charge in [0.15, 0.2) is 0 Å². The second-order valence-electron chi connectivity index (χ2n) is 3.95. The summed E-state index contributed by atoms with van der Waals surface area (Å²) >= 11 is 0. The topological polar surface area (TPSA) is 49.7 Å². The molecule has 1 aromatic rings. The van der Waals surface area contributed by atoms with Gasteiger partial charge in [0.05, 0.1) is 0 Å². The van der Waals surface area contributed by atoms with Crippen LogP contribution in [0.1, 0.15) is 18.4 Å². The molecule has 90 valence electrons. The molecule has 0 aliphatic carbocycles. The minimum atomic E-state index is -2.98. The van der Waals surface area contributed by atoms with Crippen LogP contribution >= 0.6 is 0 Å². The standard InChI is InChI=1S/C12H11F2NO2/c13-10(14)12(11(16)17)7-6-9(15-12)8-4-2-1-3-5-8/h1-5,10H,6-7H2,(H,16,17). The van der Waals surface area contributed by atoms with Crippen molar-refractivity contribution in [1.82, 2.24) is 0 Å². The molecule has 0 saturated carbocycles. The SMILES string of the molecule is O=C(O)C1(C(F)F)CCC(c2ccccc2)=N1. The van der Waals surface area contributed by atoms with Gasteiger partial charge in [-0.05, 0) is 18.4 Å². The normalized spacial score (nSPS) is 23.8. The molecule has 0 radical (unpaired) electrons. The number of carboxylic acids is 1. The molecule has 0 aromatic heterocycles. The van der Waals surface area contributed by atoms with Gasteiger partial charge >= 0.3 is 5.97 Å². The number of nitrogens with zero attached hydrogens (tertiary/aromatic N) is 1. The molecule has 1 aliphatic heterocycles. The van der Waals surface area contributed by atoms with E-state index in [1.807, 2.05) is 0 Å². The van der Waals surface area contributed by atoms with E-state index in [0.29, 0.717) is 11.3 Å². The number of alkyl halides is 2. The van der Waals surface area contributed by atoms with Crippen molar-refractivity contribution in [3.63, 3.8) is 0 Å². The molecular formula is C12H11F2NO2. The van der Waals surface area contributed by atoms with E-state index in [-0.39, 0.29) is 12.8 Å². The molecule has 1 heterocycles. The minimum Gasteiger partial charge on any atom is -0.479 e. The Balaban J connectivity index is 2.38. The predicted molar refractivity (Wildman–Crippen MR) is 58.6 cm³/mol. The molecule has 2 rings (SSSR count). The van der Waals surface area contributed by atoms with Gasteiger partial charge in [0.25, 0.3) is 6.43 Å². The van der Waals surface area contributed by atoms with Crippen molar-refractivity contribution in [2.75, 3.05) is 0 Å². The molecule has 0 spiro atoms. The van der Waals surface area contributed by atoms with E-state index in [0.717, 1.165) is 0 Å². The molecule has 3 nitrogen and oxygen atoms in total. The third kappa shape index (κ3) is 1.92. The zero-order chi connectivity index (χ0) is 12.5. The maximum absolute atomic E-state index is 12.8. The molecule has 0 amide bonds.